The molecule has 0 heterocycles. The minimum atomic E-state index is -0.0744. The quantitative estimate of drug-likeness (QED) is 0.180. The zero-order valence-corrected chi connectivity index (χ0v) is 25.7. The van der Waals surface area contributed by atoms with E-state index >= 15 is 0 Å². The highest BCUT2D eigenvalue weighted by Crippen LogP contribution is 2.47. The fourth-order valence-electron chi connectivity index (χ4n) is 5.51. The number of benzene rings is 6. The van der Waals surface area contributed by atoms with Gasteiger partial charge in [0, 0.05) is 41.8 Å². The summed E-state index contributed by atoms with van der Waals surface area (Å²) in [4.78, 5) is 19.1. The predicted octanol–water partition coefficient (Wildman–Crippen LogP) is 10.0. The number of hydrogen-bond donors (Lipinski definition) is 2. The molecule has 6 aromatic carbocycles. The molecule has 0 saturated carbocycles. The van der Waals surface area contributed by atoms with Gasteiger partial charge in [-0.25, -0.2) is 0 Å². The van der Waals surface area contributed by atoms with Crippen LogP contribution in [-0.2, 0) is 0 Å². The molecule has 0 bridgehead atoms. The van der Waals surface area contributed by atoms with E-state index in [4.69, 9.17) is 12.2 Å². The second kappa shape index (κ2) is 11.8. The average Bonchev–Trinajstić information content (AvgIpc) is 3.06. The Bertz CT molecular complexity index is 1890. The van der Waals surface area contributed by atoms with Crippen LogP contribution in [0.25, 0.3) is 22.3 Å². The highest BCUT2D eigenvalue weighted by molar-refractivity contribution is 7.99. The molecule has 0 fully saturated rings. The fourth-order valence-corrected chi connectivity index (χ4v) is 7.92. The summed E-state index contributed by atoms with van der Waals surface area (Å²) in [6, 6.07) is 42.1. The average molecular weight is 625 g/mol. The van der Waals surface area contributed by atoms with Crippen LogP contribution in [-0.4, -0.2) is 20.9 Å². The summed E-state index contributed by atoms with van der Waals surface area (Å²) in [6.45, 7) is 0. The van der Waals surface area contributed by atoms with Crippen LogP contribution in [0.3, 0.4) is 0 Å². The maximum atomic E-state index is 15.0. The van der Waals surface area contributed by atoms with Gasteiger partial charge in [0.05, 0.1) is 4.86 Å². The molecule has 44 heavy (non-hydrogen) atoms. The Morgan fingerprint density at radius 3 is 1.36 bits per heavy atom. The van der Waals surface area contributed by atoms with E-state index in [-0.39, 0.29) is 17.3 Å². The third-order valence-corrected chi connectivity index (χ3v) is 10.1. The van der Waals surface area contributed by atoms with E-state index in [0.717, 1.165) is 53.0 Å². The van der Waals surface area contributed by atoms with E-state index in [9.17, 15) is 15.0 Å². The molecule has 0 radical (unpaired) electrons. The number of aromatic hydroxyl groups is 2. The Hall–Kier alpha value is -4.62. The molecule has 0 spiro atoms. The van der Waals surface area contributed by atoms with Crippen molar-refractivity contribution in [3.8, 4) is 33.8 Å². The van der Waals surface area contributed by atoms with Crippen LogP contribution >= 0.6 is 35.7 Å². The van der Waals surface area contributed by atoms with Crippen molar-refractivity contribution in [3.63, 3.8) is 0 Å². The molecule has 0 atom stereocenters. The fraction of sp³-hybridized carbons (Fsp3) is 0. The number of ketones is 1. The summed E-state index contributed by atoms with van der Waals surface area (Å²) in [5.41, 5.74) is 6.35. The second-order valence-corrected chi connectivity index (χ2v) is 12.9. The maximum absolute atomic E-state index is 15.0. The number of carbonyl (C=O) groups excluding carboxylic acids is 1. The topological polar surface area (TPSA) is 57.5 Å². The van der Waals surface area contributed by atoms with Gasteiger partial charge in [0.1, 0.15) is 11.5 Å². The number of thiocarbonyl (C=S) groups is 1. The Kier molecular flexibility index (Phi) is 7.56. The van der Waals surface area contributed by atoms with Gasteiger partial charge in [-0.3, -0.25) is 4.79 Å². The summed E-state index contributed by atoms with van der Waals surface area (Å²) in [5.74, 6) is 0.310. The minimum Gasteiger partial charge on any atom is -0.508 e. The molecule has 3 nitrogen and oxygen atoms in total. The first-order valence-corrected chi connectivity index (χ1v) is 16.0. The van der Waals surface area contributed by atoms with Crippen LogP contribution in [0.4, 0.5) is 0 Å². The third-order valence-electron chi connectivity index (χ3n) is 7.54. The molecular weight excluding hydrogens is 601 g/mol. The van der Waals surface area contributed by atoms with Crippen molar-refractivity contribution in [1.29, 1.82) is 0 Å². The van der Waals surface area contributed by atoms with Gasteiger partial charge in [-0.2, -0.15) is 0 Å². The van der Waals surface area contributed by atoms with Crippen molar-refractivity contribution in [2.24, 2.45) is 0 Å². The molecule has 6 heteroatoms. The second-order valence-electron chi connectivity index (χ2n) is 10.3. The zero-order valence-electron chi connectivity index (χ0n) is 23.2. The molecule has 1 aliphatic rings. The lowest BCUT2D eigenvalue weighted by molar-refractivity contribution is 0.103. The van der Waals surface area contributed by atoms with E-state index in [2.05, 4.69) is 6.07 Å². The Labute approximate surface area is 269 Å². The molecule has 7 rings (SSSR count). The van der Waals surface area contributed by atoms with E-state index in [0.29, 0.717) is 16.0 Å². The summed E-state index contributed by atoms with van der Waals surface area (Å²) < 4.78 is 0. The smallest absolute Gasteiger partial charge is 0.196 e. The molecular formula is C38H24O3S3. The lowest BCUT2D eigenvalue weighted by Crippen LogP contribution is -2.24. The van der Waals surface area contributed by atoms with Crippen molar-refractivity contribution < 1.29 is 15.0 Å². The van der Waals surface area contributed by atoms with Crippen molar-refractivity contribution in [2.75, 3.05) is 0 Å². The largest absolute Gasteiger partial charge is 0.508 e. The summed E-state index contributed by atoms with van der Waals surface area (Å²) >= 11 is 9.39. The van der Waals surface area contributed by atoms with Crippen LogP contribution in [0.5, 0.6) is 11.5 Å². The van der Waals surface area contributed by atoms with Crippen LogP contribution in [0, 0.1) is 0 Å². The van der Waals surface area contributed by atoms with Gasteiger partial charge in [-0.1, -0.05) is 109 Å². The SMILES string of the molecule is O=C1c2c(Sc3ccc(O)cc3)ccc(-c3ccccc3)c2C(=S)c2c(Sc3ccc(O)cc3)ccc(-c3ccccc3)c21. The number of fused-ring (bicyclic) bond motifs is 2. The van der Waals surface area contributed by atoms with Gasteiger partial charge in [0.25, 0.3) is 0 Å². The van der Waals surface area contributed by atoms with Gasteiger partial charge in [-0.05, 0) is 82.9 Å². The summed E-state index contributed by atoms with van der Waals surface area (Å²) in [7, 11) is 0. The first kappa shape index (κ1) is 28.2. The van der Waals surface area contributed by atoms with E-state index in [1.54, 1.807) is 24.3 Å². The van der Waals surface area contributed by atoms with Crippen LogP contribution in [0.15, 0.2) is 153 Å². The molecule has 0 aliphatic heterocycles. The van der Waals surface area contributed by atoms with Gasteiger partial charge in [0.2, 0.25) is 0 Å². The standard InChI is InChI=1S/C38H24O3S3/c39-25-11-15-27(16-12-25)43-31-21-20-30(24-9-5-2-6-10-24)34-35(31)37(41)33-29(23-7-3-1-4-8-23)19-22-32(36(33)38(34)42)44-28-17-13-26(40)14-18-28/h1-22,39-40H. The lowest BCUT2D eigenvalue weighted by atomic mass is 9.78. The van der Waals surface area contributed by atoms with Gasteiger partial charge in [0.15, 0.2) is 5.78 Å². The van der Waals surface area contributed by atoms with Gasteiger partial charge < -0.3 is 10.2 Å². The van der Waals surface area contributed by atoms with Gasteiger partial charge >= 0.3 is 0 Å². The summed E-state index contributed by atoms with van der Waals surface area (Å²) in [6.07, 6.45) is 0. The number of phenols is 2. The van der Waals surface area contributed by atoms with Crippen molar-refractivity contribution in [3.05, 3.63) is 156 Å². The monoisotopic (exact) mass is 624 g/mol. The normalized spacial score (nSPS) is 12.1. The van der Waals surface area contributed by atoms with Crippen molar-refractivity contribution >= 4 is 46.4 Å². The van der Waals surface area contributed by atoms with Gasteiger partial charge in [-0.15, -0.1) is 0 Å². The molecule has 2 N–H and O–H groups in total. The molecule has 212 valence electrons. The van der Waals surface area contributed by atoms with Crippen LogP contribution < -0.4 is 0 Å². The molecule has 6 aromatic rings. The molecule has 0 amide bonds. The third kappa shape index (κ3) is 5.22. The molecule has 0 unspecified atom stereocenters. The van der Waals surface area contributed by atoms with Crippen molar-refractivity contribution in [2.45, 2.75) is 19.6 Å². The first-order chi connectivity index (χ1) is 21.5. The molecule has 1 aliphatic carbocycles. The number of phenolic OH excluding ortho intramolecular Hbond substituents is 2. The Morgan fingerprint density at radius 1 is 0.455 bits per heavy atom. The maximum Gasteiger partial charge on any atom is 0.196 e. The number of carbonyl (C=O) groups is 1. The van der Waals surface area contributed by atoms with E-state index in [1.807, 2.05) is 103 Å². The number of hydrogen-bond acceptors (Lipinski definition) is 6. The van der Waals surface area contributed by atoms with E-state index < -0.39 is 0 Å². The first-order valence-electron chi connectivity index (χ1n) is 14.0. The highest BCUT2D eigenvalue weighted by Gasteiger charge is 2.36. The van der Waals surface area contributed by atoms with Crippen molar-refractivity contribution in [1.82, 2.24) is 0 Å². The Balaban J connectivity index is 1.48. The summed E-state index contributed by atoms with van der Waals surface area (Å²) in [5, 5.41) is 19.7. The zero-order chi connectivity index (χ0) is 30.2. The molecule has 0 aromatic heterocycles. The Morgan fingerprint density at radius 2 is 0.886 bits per heavy atom. The minimum absolute atomic E-state index is 0.0744. The molecule has 0 saturated heterocycles. The van der Waals surface area contributed by atoms with Crippen LogP contribution in [0.1, 0.15) is 27.0 Å². The van der Waals surface area contributed by atoms with Crippen LogP contribution in [0.2, 0.25) is 0 Å². The highest BCUT2D eigenvalue weighted by atomic mass is 32.2. The number of rotatable bonds is 6. The predicted molar refractivity (Wildman–Crippen MR) is 182 cm³/mol. The van der Waals surface area contributed by atoms with E-state index in [1.165, 1.54) is 23.5 Å². The lowest BCUT2D eigenvalue weighted by Gasteiger charge is -2.28.